The average molecular weight is 565 g/mol. The molecule has 3 aromatic carbocycles. The van der Waals surface area contributed by atoms with Crippen molar-refractivity contribution in [3.63, 3.8) is 0 Å². The molecular weight excluding hydrogens is 531 g/mol. The Hall–Kier alpha value is -1.93. The standard InChI is InChI=1S/C28H33BrF3NOSi/c1-21(18-22-12-11-17-25(29)26(22)30)33-19-28(31,32)20-34-35(27(2,3)4,23-13-7-5-8-14-23)24-15-9-6-10-16-24/h5-17,21,33H,18-20H2,1-4H3. The number of benzene rings is 3. The molecule has 0 saturated heterocycles. The maximum Gasteiger partial charge on any atom is 0.281 e. The molecule has 7 heteroatoms. The van der Waals surface area contributed by atoms with E-state index >= 15 is 8.78 Å². The van der Waals surface area contributed by atoms with Crippen LogP contribution in [0.1, 0.15) is 33.3 Å². The summed E-state index contributed by atoms with van der Waals surface area (Å²) in [5.41, 5.74) is 0.478. The monoisotopic (exact) mass is 563 g/mol. The van der Waals surface area contributed by atoms with Gasteiger partial charge in [-0.3, -0.25) is 0 Å². The zero-order valence-electron chi connectivity index (χ0n) is 20.6. The lowest BCUT2D eigenvalue weighted by Crippen LogP contribution is -2.67. The minimum atomic E-state index is -3.10. The highest BCUT2D eigenvalue weighted by molar-refractivity contribution is 9.10. The lowest BCUT2D eigenvalue weighted by molar-refractivity contribution is -0.0433. The van der Waals surface area contributed by atoms with Crippen LogP contribution in [0, 0.1) is 5.82 Å². The second-order valence-corrected chi connectivity index (χ2v) is 15.2. The summed E-state index contributed by atoms with van der Waals surface area (Å²) in [6.45, 7) is 6.70. The third-order valence-electron chi connectivity index (χ3n) is 6.18. The summed E-state index contributed by atoms with van der Waals surface area (Å²) < 4.78 is 51.4. The van der Waals surface area contributed by atoms with E-state index in [2.05, 4.69) is 42.0 Å². The topological polar surface area (TPSA) is 21.3 Å². The molecule has 0 saturated carbocycles. The normalized spacial score (nSPS) is 13.6. The Morgan fingerprint density at radius 2 is 1.43 bits per heavy atom. The number of nitrogens with one attached hydrogen (secondary N) is 1. The zero-order valence-corrected chi connectivity index (χ0v) is 23.2. The van der Waals surface area contributed by atoms with Crippen molar-refractivity contribution in [1.29, 1.82) is 0 Å². The number of halogens is 4. The summed E-state index contributed by atoms with van der Waals surface area (Å²) >= 11 is 3.17. The van der Waals surface area contributed by atoms with Gasteiger partial charge in [-0.05, 0) is 56.3 Å². The zero-order chi connectivity index (χ0) is 25.7. The number of alkyl halides is 2. The molecule has 1 atom stereocenters. The first kappa shape index (κ1) is 27.7. The number of hydrogen-bond acceptors (Lipinski definition) is 2. The molecule has 1 N–H and O–H groups in total. The summed E-state index contributed by atoms with van der Waals surface area (Å²) in [6.07, 6.45) is 0.302. The lowest BCUT2D eigenvalue weighted by atomic mass is 10.1. The van der Waals surface area contributed by atoms with E-state index in [9.17, 15) is 4.39 Å². The molecule has 0 heterocycles. The quantitative estimate of drug-likeness (QED) is 0.291. The van der Waals surface area contributed by atoms with E-state index in [0.717, 1.165) is 10.4 Å². The minimum absolute atomic E-state index is 0.302. The van der Waals surface area contributed by atoms with Crippen molar-refractivity contribution in [3.05, 3.63) is 94.7 Å². The Kier molecular flexibility index (Phi) is 9.02. The van der Waals surface area contributed by atoms with Crippen LogP contribution in [0.4, 0.5) is 13.2 Å². The molecule has 0 aromatic heterocycles. The highest BCUT2D eigenvalue weighted by atomic mass is 79.9. The van der Waals surface area contributed by atoms with E-state index in [1.807, 2.05) is 60.7 Å². The smallest absolute Gasteiger partial charge is 0.281 e. The SMILES string of the molecule is CC(Cc1cccc(Br)c1F)NCC(F)(F)CO[Si](c1ccccc1)(c1ccccc1)C(C)(C)C. The summed E-state index contributed by atoms with van der Waals surface area (Å²) in [4.78, 5) is 0. The Morgan fingerprint density at radius 1 is 0.886 bits per heavy atom. The molecule has 0 amide bonds. The highest BCUT2D eigenvalue weighted by Gasteiger charge is 2.51. The first-order valence-electron chi connectivity index (χ1n) is 11.8. The molecule has 35 heavy (non-hydrogen) atoms. The van der Waals surface area contributed by atoms with Crippen LogP contribution in [0.5, 0.6) is 0 Å². The Labute approximate surface area is 216 Å². The summed E-state index contributed by atoms with van der Waals surface area (Å²) in [5.74, 6) is -3.46. The van der Waals surface area contributed by atoms with Gasteiger partial charge in [0.15, 0.2) is 0 Å². The molecule has 188 valence electrons. The van der Waals surface area contributed by atoms with Crippen LogP contribution >= 0.6 is 15.9 Å². The molecule has 2 nitrogen and oxygen atoms in total. The van der Waals surface area contributed by atoms with Gasteiger partial charge in [0.2, 0.25) is 0 Å². The minimum Gasteiger partial charge on any atom is -0.401 e. The molecule has 0 aliphatic heterocycles. The fourth-order valence-electron chi connectivity index (χ4n) is 4.46. The van der Waals surface area contributed by atoms with Gasteiger partial charge in [-0.2, -0.15) is 0 Å². The molecular formula is C28H33BrF3NOSi. The van der Waals surface area contributed by atoms with Gasteiger partial charge >= 0.3 is 0 Å². The average Bonchev–Trinajstić information content (AvgIpc) is 2.82. The van der Waals surface area contributed by atoms with E-state index in [0.29, 0.717) is 16.5 Å². The van der Waals surface area contributed by atoms with E-state index in [1.165, 1.54) is 0 Å². The third-order valence-corrected chi connectivity index (χ3v) is 11.8. The molecule has 0 aliphatic carbocycles. The predicted octanol–water partition coefficient (Wildman–Crippen LogP) is 6.32. The molecule has 0 fully saturated rings. The first-order chi connectivity index (χ1) is 16.5. The van der Waals surface area contributed by atoms with Crippen LogP contribution in [-0.2, 0) is 10.8 Å². The van der Waals surface area contributed by atoms with E-state index in [-0.39, 0.29) is 16.9 Å². The van der Waals surface area contributed by atoms with Crippen molar-refractivity contribution in [1.82, 2.24) is 5.32 Å². The van der Waals surface area contributed by atoms with Crippen LogP contribution in [0.3, 0.4) is 0 Å². The first-order valence-corrected chi connectivity index (χ1v) is 14.5. The van der Waals surface area contributed by atoms with Crippen LogP contribution in [0.25, 0.3) is 0 Å². The number of hydrogen-bond donors (Lipinski definition) is 1. The molecule has 0 bridgehead atoms. The van der Waals surface area contributed by atoms with Crippen LogP contribution < -0.4 is 15.7 Å². The van der Waals surface area contributed by atoms with E-state index < -0.39 is 27.4 Å². The van der Waals surface area contributed by atoms with Crippen molar-refractivity contribution in [2.75, 3.05) is 13.2 Å². The summed E-state index contributed by atoms with van der Waals surface area (Å²) in [7, 11) is -3.05. The van der Waals surface area contributed by atoms with Crippen LogP contribution in [0.2, 0.25) is 5.04 Å². The highest BCUT2D eigenvalue weighted by Crippen LogP contribution is 2.37. The fourth-order valence-corrected chi connectivity index (χ4v) is 9.45. The van der Waals surface area contributed by atoms with Gasteiger partial charge in [-0.1, -0.05) is 93.6 Å². The third kappa shape index (κ3) is 6.64. The van der Waals surface area contributed by atoms with Crippen molar-refractivity contribution < 1.29 is 17.6 Å². The predicted molar refractivity (Wildman–Crippen MR) is 144 cm³/mol. The van der Waals surface area contributed by atoms with Crippen LogP contribution in [0.15, 0.2) is 83.3 Å². The van der Waals surface area contributed by atoms with E-state index in [4.69, 9.17) is 4.43 Å². The van der Waals surface area contributed by atoms with Crippen molar-refractivity contribution in [2.45, 2.75) is 51.1 Å². The van der Waals surface area contributed by atoms with Gasteiger partial charge in [0, 0.05) is 6.04 Å². The summed E-state index contributed by atoms with van der Waals surface area (Å²) in [5, 5.41) is 4.41. The van der Waals surface area contributed by atoms with Gasteiger partial charge < -0.3 is 9.74 Å². The van der Waals surface area contributed by atoms with Gasteiger partial charge in [0.25, 0.3) is 14.2 Å². The number of rotatable bonds is 10. The Morgan fingerprint density at radius 3 is 1.94 bits per heavy atom. The van der Waals surface area contributed by atoms with Crippen molar-refractivity contribution in [2.24, 2.45) is 0 Å². The molecule has 0 radical (unpaired) electrons. The van der Waals surface area contributed by atoms with Crippen molar-refractivity contribution in [3.8, 4) is 0 Å². The van der Waals surface area contributed by atoms with Crippen molar-refractivity contribution >= 4 is 34.6 Å². The lowest BCUT2D eigenvalue weighted by Gasteiger charge is -2.43. The fraction of sp³-hybridized carbons (Fsp3) is 0.357. The molecule has 1 unspecified atom stereocenters. The van der Waals surface area contributed by atoms with Gasteiger partial charge in [0.05, 0.1) is 17.6 Å². The van der Waals surface area contributed by atoms with Gasteiger partial charge in [0.1, 0.15) is 5.82 Å². The second-order valence-electron chi connectivity index (χ2n) is 10.0. The van der Waals surface area contributed by atoms with Gasteiger partial charge in [-0.15, -0.1) is 0 Å². The maximum atomic E-state index is 15.2. The Balaban J connectivity index is 1.78. The molecule has 3 aromatic rings. The van der Waals surface area contributed by atoms with Crippen LogP contribution in [-0.4, -0.2) is 33.4 Å². The maximum absolute atomic E-state index is 15.2. The molecule has 0 aliphatic rings. The molecule has 3 rings (SSSR count). The largest absolute Gasteiger partial charge is 0.401 e. The molecule has 0 spiro atoms. The Bertz CT molecular complexity index is 1050. The second kappa shape index (κ2) is 11.4. The van der Waals surface area contributed by atoms with Gasteiger partial charge in [-0.25, -0.2) is 13.2 Å². The summed E-state index contributed by atoms with van der Waals surface area (Å²) in [6, 6.07) is 24.2. The van der Waals surface area contributed by atoms with E-state index in [1.54, 1.807) is 25.1 Å².